The van der Waals surface area contributed by atoms with Crippen molar-refractivity contribution >= 4 is 32.2 Å². The molecule has 3 nitrogen and oxygen atoms in total. The summed E-state index contributed by atoms with van der Waals surface area (Å²) in [4.78, 5) is 5.45. The molecule has 98 valence electrons. The van der Waals surface area contributed by atoms with Crippen molar-refractivity contribution in [3.05, 3.63) is 57.3 Å². The molecule has 1 atom stereocenters. The zero-order valence-corrected chi connectivity index (χ0v) is 12.8. The zero-order chi connectivity index (χ0) is 13.4. The fraction of sp³-hybridized carbons (Fsp3) is 0.214. The third kappa shape index (κ3) is 2.59. The smallest absolute Gasteiger partial charge is 0.193 e. The van der Waals surface area contributed by atoms with Gasteiger partial charge in [-0.3, -0.25) is 4.40 Å². The van der Waals surface area contributed by atoms with Gasteiger partial charge in [0.15, 0.2) is 4.96 Å². The summed E-state index contributed by atoms with van der Waals surface area (Å²) in [5.41, 5.74) is 2.99. The molecule has 1 unspecified atom stereocenters. The van der Waals surface area contributed by atoms with Crippen LogP contribution in [0.4, 0.5) is 0 Å². The number of thiazole rings is 1. The summed E-state index contributed by atoms with van der Waals surface area (Å²) >= 11 is 5.10. The number of hydrogen-bond donors (Lipinski definition) is 1. The molecule has 2 heterocycles. The van der Waals surface area contributed by atoms with Crippen molar-refractivity contribution in [2.45, 2.75) is 19.4 Å². The number of hydrogen-bond acceptors (Lipinski definition) is 3. The molecule has 0 radical (unpaired) electrons. The van der Waals surface area contributed by atoms with E-state index in [1.54, 1.807) is 11.3 Å². The van der Waals surface area contributed by atoms with Gasteiger partial charge in [0.2, 0.25) is 0 Å². The van der Waals surface area contributed by atoms with Crippen molar-refractivity contribution < 1.29 is 5.11 Å². The van der Waals surface area contributed by atoms with E-state index in [1.165, 1.54) is 5.56 Å². The van der Waals surface area contributed by atoms with Gasteiger partial charge in [0.05, 0.1) is 11.8 Å². The van der Waals surface area contributed by atoms with Crippen molar-refractivity contribution in [3.63, 3.8) is 0 Å². The molecule has 0 aliphatic rings. The summed E-state index contributed by atoms with van der Waals surface area (Å²) in [5, 5.41) is 12.3. The Hall–Kier alpha value is -1.17. The molecule has 0 bridgehead atoms. The Morgan fingerprint density at radius 1 is 1.47 bits per heavy atom. The molecule has 3 aromatic rings. The Morgan fingerprint density at radius 3 is 3.05 bits per heavy atom. The van der Waals surface area contributed by atoms with E-state index in [2.05, 4.69) is 20.9 Å². The van der Waals surface area contributed by atoms with Crippen LogP contribution in [0.25, 0.3) is 4.96 Å². The molecule has 0 amide bonds. The number of benzene rings is 1. The zero-order valence-electron chi connectivity index (χ0n) is 10.4. The maximum atomic E-state index is 10.3. The number of rotatable bonds is 3. The van der Waals surface area contributed by atoms with E-state index in [0.29, 0.717) is 6.42 Å². The summed E-state index contributed by atoms with van der Waals surface area (Å²) in [6, 6.07) is 5.99. The Bertz CT molecular complexity index is 691. The van der Waals surface area contributed by atoms with Gasteiger partial charge in [-0.1, -0.05) is 28.1 Å². The molecule has 1 aromatic carbocycles. The molecule has 1 N–H and O–H groups in total. The standard InChI is InChI=1S/C14H13BrN2OS/c1-9-2-3-11(12(15)6-9)13(18)7-10-8-17-4-5-19-14(17)16-10/h2-6,8,13,18H,7H2,1H3. The van der Waals surface area contributed by atoms with E-state index in [0.717, 1.165) is 20.7 Å². The van der Waals surface area contributed by atoms with E-state index < -0.39 is 6.10 Å². The highest BCUT2D eigenvalue weighted by atomic mass is 79.9. The normalized spacial score (nSPS) is 13.0. The van der Waals surface area contributed by atoms with Gasteiger partial charge in [-0.2, -0.15) is 0 Å². The van der Waals surface area contributed by atoms with Crippen molar-refractivity contribution in [1.29, 1.82) is 0 Å². The number of aryl methyl sites for hydroxylation is 1. The highest BCUT2D eigenvalue weighted by molar-refractivity contribution is 9.10. The largest absolute Gasteiger partial charge is 0.388 e. The van der Waals surface area contributed by atoms with Crippen LogP contribution in [0.15, 0.2) is 40.4 Å². The second-order valence-electron chi connectivity index (χ2n) is 4.57. The molecule has 0 fully saturated rings. The highest BCUT2D eigenvalue weighted by Crippen LogP contribution is 2.27. The monoisotopic (exact) mass is 336 g/mol. The molecule has 0 saturated carbocycles. The summed E-state index contributed by atoms with van der Waals surface area (Å²) in [5.74, 6) is 0. The molecule has 0 saturated heterocycles. The third-order valence-corrected chi connectivity index (χ3v) is 4.52. The highest BCUT2D eigenvalue weighted by Gasteiger charge is 2.14. The molecular formula is C14H13BrN2OS. The second kappa shape index (κ2) is 5.07. The number of halogens is 1. The van der Waals surface area contributed by atoms with Crippen molar-refractivity contribution in [1.82, 2.24) is 9.38 Å². The molecule has 0 aliphatic carbocycles. The topological polar surface area (TPSA) is 37.5 Å². The average molecular weight is 337 g/mol. The number of aliphatic hydroxyl groups excluding tert-OH is 1. The Labute approximate surface area is 123 Å². The van der Waals surface area contributed by atoms with Gasteiger partial charge in [0, 0.05) is 28.7 Å². The fourth-order valence-corrected chi connectivity index (χ4v) is 3.56. The maximum Gasteiger partial charge on any atom is 0.193 e. The molecule has 2 aromatic heterocycles. The average Bonchev–Trinajstić information content (AvgIpc) is 2.89. The number of nitrogens with zero attached hydrogens (tertiary/aromatic N) is 2. The number of aliphatic hydroxyl groups is 1. The van der Waals surface area contributed by atoms with E-state index in [9.17, 15) is 5.11 Å². The number of fused-ring (bicyclic) bond motifs is 1. The van der Waals surface area contributed by atoms with Crippen LogP contribution in [0.2, 0.25) is 0 Å². The summed E-state index contributed by atoms with van der Waals surface area (Å²) in [6.45, 7) is 2.03. The Balaban J connectivity index is 1.84. The van der Waals surface area contributed by atoms with Crippen LogP contribution in [0.5, 0.6) is 0 Å². The van der Waals surface area contributed by atoms with Crippen molar-refractivity contribution in [2.24, 2.45) is 0 Å². The van der Waals surface area contributed by atoms with Gasteiger partial charge in [-0.05, 0) is 24.1 Å². The minimum absolute atomic E-state index is 0.524. The molecular weight excluding hydrogens is 324 g/mol. The predicted molar refractivity (Wildman–Crippen MR) is 80.6 cm³/mol. The minimum atomic E-state index is -0.542. The molecule has 19 heavy (non-hydrogen) atoms. The predicted octanol–water partition coefficient (Wildman–Crippen LogP) is 3.74. The van der Waals surface area contributed by atoms with E-state index in [1.807, 2.05) is 47.3 Å². The van der Waals surface area contributed by atoms with Crippen LogP contribution in [0.1, 0.15) is 22.9 Å². The van der Waals surface area contributed by atoms with Crippen molar-refractivity contribution in [2.75, 3.05) is 0 Å². The third-order valence-electron chi connectivity index (χ3n) is 3.06. The van der Waals surface area contributed by atoms with Gasteiger partial charge in [0.25, 0.3) is 0 Å². The van der Waals surface area contributed by atoms with Crippen LogP contribution < -0.4 is 0 Å². The SMILES string of the molecule is Cc1ccc(C(O)Cc2cn3ccsc3n2)c(Br)c1. The molecule has 3 rings (SSSR count). The first-order valence-electron chi connectivity index (χ1n) is 5.98. The first kappa shape index (κ1) is 12.8. The van der Waals surface area contributed by atoms with Gasteiger partial charge in [-0.25, -0.2) is 4.98 Å². The summed E-state index contributed by atoms with van der Waals surface area (Å²) in [7, 11) is 0. The maximum absolute atomic E-state index is 10.3. The lowest BCUT2D eigenvalue weighted by Gasteiger charge is -2.12. The summed E-state index contributed by atoms with van der Waals surface area (Å²) in [6.07, 6.45) is 3.93. The van der Waals surface area contributed by atoms with Crippen LogP contribution >= 0.6 is 27.3 Å². The van der Waals surface area contributed by atoms with E-state index in [4.69, 9.17) is 0 Å². The molecule has 5 heteroatoms. The lowest BCUT2D eigenvalue weighted by atomic mass is 10.0. The molecule has 0 spiro atoms. The second-order valence-corrected chi connectivity index (χ2v) is 6.30. The Morgan fingerprint density at radius 2 is 2.32 bits per heavy atom. The van der Waals surface area contributed by atoms with Crippen molar-refractivity contribution in [3.8, 4) is 0 Å². The van der Waals surface area contributed by atoms with Crippen LogP contribution in [0.3, 0.4) is 0 Å². The van der Waals surface area contributed by atoms with Gasteiger partial charge < -0.3 is 5.11 Å². The minimum Gasteiger partial charge on any atom is -0.388 e. The van der Waals surface area contributed by atoms with Gasteiger partial charge in [-0.15, -0.1) is 11.3 Å². The van der Waals surface area contributed by atoms with Crippen LogP contribution in [-0.4, -0.2) is 14.5 Å². The van der Waals surface area contributed by atoms with E-state index >= 15 is 0 Å². The van der Waals surface area contributed by atoms with Crippen LogP contribution in [-0.2, 0) is 6.42 Å². The lowest BCUT2D eigenvalue weighted by Crippen LogP contribution is -2.03. The number of aromatic nitrogens is 2. The summed E-state index contributed by atoms with van der Waals surface area (Å²) < 4.78 is 2.93. The first-order chi connectivity index (χ1) is 9.13. The van der Waals surface area contributed by atoms with Gasteiger partial charge in [0.1, 0.15) is 0 Å². The van der Waals surface area contributed by atoms with E-state index in [-0.39, 0.29) is 0 Å². The Kier molecular flexibility index (Phi) is 3.43. The number of imidazole rings is 1. The lowest BCUT2D eigenvalue weighted by molar-refractivity contribution is 0.176. The van der Waals surface area contributed by atoms with Gasteiger partial charge >= 0.3 is 0 Å². The first-order valence-corrected chi connectivity index (χ1v) is 7.66. The molecule has 0 aliphatic heterocycles. The quantitative estimate of drug-likeness (QED) is 0.791. The fourth-order valence-electron chi connectivity index (χ4n) is 2.08. The van der Waals surface area contributed by atoms with Crippen LogP contribution in [0, 0.1) is 6.92 Å².